The van der Waals surface area contributed by atoms with Crippen molar-refractivity contribution >= 4 is 28.1 Å². The Hall–Kier alpha value is -2.29. The lowest BCUT2D eigenvalue weighted by atomic mass is 10.3. The van der Waals surface area contributed by atoms with Gasteiger partial charge in [0.25, 0.3) is 0 Å². The Morgan fingerprint density at radius 2 is 2.09 bits per heavy atom. The maximum Gasteiger partial charge on any atom is 0.312 e. The maximum atomic E-state index is 12.1. The van der Waals surface area contributed by atoms with Gasteiger partial charge in [-0.25, -0.2) is 4.98 Å². The van der Waals surface area contributed by atoms with Gasteiger partial charge in [0.05, 0.1) is 10.6 Å². The standard InChI is InChI=1S/C13H17N5O3S/c1-5-10-9(4)22-13(14-10)15-11(19)6-17-8(3)12(18(20)21)7(2)16-17/h5-6H2,1-4H3,(H,14,15,19). The predicted molar refractivity (Wildman–Crippen MR) is 83.2 cm³/mol. The molecule has 1 amide bonds. The molecule has 0 fully saturated rings. The second-order valence-electron chi connectivity index (χ2n) is 4.86. The fraction of sp³-hybridized carbons (Fsp3) is 0.462. The number of aryl methyl sites for hydroxylation is 3. The van der Waals surface area contributed by atoms with E-state index in [1.54, 1.807) is 13.8 Å². The van der Waals surface area contributed by atoms with Crippen molar-refractivity contribution < 1.29 is 9.72 Å². The molecule has 0 bridgehead atoms. The van der Waals surface area contributed by atoms with E-state index in [2.05, 4.69) is 15.4 Å². The van der Waals surface area contributed by atoms with Crippen LogP contribution in [0.4, 0.5) is 10.8 Å². The summed E-state index contributed by atoms with van der Waals surface area (Å²) < 4.78 is 1.34. The highest BCUT2D eigenvalue weighted by Crippen LogP contribution is 2.23. The molecule has 2 heterocycles. The molecule has 2 aromatic rings. The lowest BCUT2D eigenvalue weighted by molar-refractivity contribution is -0.386. The van der Waals surface area contributed by atoms with Crippen molar-refractivity contribution in [3.8, 4) is 0 Å². The van der Waals surface area contributed by atoms with Gasteiger partial charge in [0, 0.05) is 4.88 Å². The molecular formula is C13H17N5O3S. The summed E-state index contributed by atoms with van der Waals surface area (Å²) in [7, 11) is 0. The maximum absolute atomic E-state index is 12.1. The van der Waals surface area contributed by atoms with Crippen LogP contribution in [-0.4, -0.2) is 25.6 Å². The van der Waals surface area contributed by atoms with Crippen LogP contribution in [0.2, 0.25) is 0 Å². The summed E-state index contributed by atoms with van der Waals surface area (Å²) in [6.07, 6.45) is 0.807. The van der Waals surface area contributed by atoms with Crippen LogP contribution in [-0.2, 0) is 17.8 Å². The molecule has 0 unspecified atom stereocenters. The number of carbonyl (C=O) groups excluding carboxylic acids is 1. The average molecular weight is 323 g/mol. The minimum Gasteiger partial charge on any atom is -0.300 e. The molecule has 0 radical (unpaired) electrons. The second kappa shape index (κ2) is 6.22. The molecule has 118 valence electrons. The quantitative estimate of drug-likeness (QED) is 0.672. The largest absolute Gasteiger partial charge is 0.312 e. The summed E-state index contributed by atoms with van der Waals surface area (Å²) in [6.45, 7) is 7.01. The van der Waals surface area contributed by atoms with Crippen LogP contribution < -0.4 is 5.32 Å². The lowest BCUT2D eigenvalue weighted by Gasteiger charge is -2.03. The molecule has 0 spiro atoms. The van der Waals surface area contributed by atoms with Crippen LogP contribution in [0.3, 0.4) is 0 Å². The SMILES string of the molecule is CCc1nc(NC(=O)Cn2nc(C)c([N+](=O)[O-])c2C)sc1C. The summed E-state index contributed by atoms with van der Waals surface area (Å²) >= 11 is 1.41. The van der Waals surface area contributed by atoms with Crippen LogP contribution in [0.5, 0.6) is 0 Å². The third kappa shape index (κ3) is 3.14. The van der Waals surface area contributed by atoms with Crippen molar-refractivity contribution in [1.29, 1.82) is 0 Å². The summed E-state index contributed by atoms with van der Waals surface area (Å²) in [5.74, 6) is -0.308. The Kier molecular flexibility index (Phi) is 4.55. The first-order valence-electron chi connectivity index (χ1n) is 6.78. The zero-order valence-corrected chi connectivity index (χ0v) is 13.7. The summed E-state index contributed by atoms with van der Waals surface area (Å²) in [6, 6.07) is 0. The molecule has 0 atom stereocenters. The van der Waals surface area contributed by atoms with Crippen LogP contribution in [0.1, 0.15) is 28.9 Å². The van der Waals surface area contributed by atoms with E-state index < -0.39 is 4.92 Å². The van der Waals surface area contributed by atoms with Crippen molar-refractivity contribution in [2.24, 2.45) is 0 Å². The van der Waals surface area contributed by atoms with E-state index in [0.29, 0.717) is 16.5 Å². The smallest absolute Gasteiger partial charge is 0.300 e. The van der Waals surface area contributed by atoms with Gasteiger partial charge < -0.3 is 5.32 Å². The predicted octanol–water partition coefficient (Wildman–Crippen LogP) is 2.37. The van der Waals surface area contributed by atoms with Gasteiger partial charge in [0.2, 0.25) is 5.91 Å². The van der Waals surface area contributed by atoms with E-state index in [9.17, 15) is 14.9 Å². The summed E-state index contributed by atoms with van der Waals surface area (Å²) in [4.78, 5) is 27.9. The molecule has 0 aliphatic carbocycles. The lowest BCUT2D eigenvalue weighted by Crippen LogP contribution is -2.20. The first-order chi connectivity index (χ1) is 10.3. The topological polar surface area (TPSA) is 103 Å². The number of amides is 1. The molecule has 8 nitrogen and oxygen atoms in total. The Morgan fingerprint density at radius 3 is 2.59 bits per heavy atom. The van der Waals surface area contributed by atoms with Gasteiger partial charge in [-0.2, -0.15) is 5.10 Å². The third-order valence-electron chi connectivity index (χ3n) is 3.29. The minimum atomic E-state index is -0.482. The molecule has 9 heteroatoms. The molecule has 0 aliphatic heterocycles. The monoisotopic (exact) mass is 323 g/mol. The number of carbonyl (C=O) groups is 1. The number of hydrogen-bond donors (Lipinski definition) is 1. The second-order valence-corrected chi connectivity index (χ2v) is 6.06. The Bertz CT molecular complexity index is 734. The van der Waals surface area contributed by atoms with Gasteiger partial charge in [-0.15, -0.1) is 11.3 Å². The zero-order valence-electron chi connectivity index (χ0n) is 12.8. The van der Waals surface area contributed by atoms with Crippen molar-refractivity contribution in [2.75, 3.05) is 5.32 Å². The van der Waals surface area contributed by atoms with E-state index in [4.69, 9.17) is 0 Å². The fourth-order valence-corrected chi connectivity index (χ4v) is 3.13. The number of thiazole rings is 1. The fourth-order valence-electron chi connectivity index (χ4n) is 2.21. The third-order valence-corrected chi connectivity index (χ3v) is 4.22. The molecule has 0 aromatic carbocycles. The Labute approximate surface area is 131 Å². The molecule has 22 heavy (non-hydrogen) atoms. The highest BCUT2D eigenvalue weighted by molar-refractivity contribution is 7.15. The number of anilines is 1. The minimum absolute atomic E-state index is 0.0498. The number of nitrogens with zero attached hydrogens (tertiary/aromatic N) is 4. The van der Waals surface area contributed by atoms with Crippen molar-refractivity contribution in [1.82, 2.24) is 14.8 Å². The van der Waals surface area contributed by atoms with Crippen LogP contribution in [0.15, 0.2) is 0 Å². The molecule has 2 rings (SSSR count). The van der Waals surface area contributed by atoms with Crippen LogP contribution in [0, 0.1) is 30.9 Å². The normalized spacial score (nSPS) is 10.7. The first kappa shape index (κ1) is 16.1. The number of aromatic nitrogens is 3. The molecule has 0 saturated carbocycles. The molecular weight excluding hydrogens is 306 g/mol. The number of hydrogen-bond acceptors (Lipinski definition) is 6. The Morgan fingerprint density at radius 1 is 1.41 bits per heavy atom. The van der Waals surface area contributed by atoms with Gasteiger partial charge in [0.1, 0.15) is 17.9 Å². The van der Waals surface area contributed by atoms with Crippen molar-refractivity contribution in [3.05, 3.63) is 32.1 Å². The van der Waals surface area contributed by atoms with Gasteiger partial charge in [-0.1, -0.05) is 6.92 Å². The van der Waals surface area contributed by atoms with E-state index in [1.165, 1.54) is 16.0 Å². The van der Waals surface area contributed by atoms with Crippen molar-refractivity contribution in [2.45, 2.75) is 40.7 Å². The summed E-state index contributed by atoms with van der Waals surface area (Å²) in [5.41, 5.74) is 1.57. The van der Waals surface area contributed by atoms with Gasteiger partial charge in [-0.05, 0) is 27.2 Å². The zero-order chi connectivity index (χ0) is 16.4. The summed E-state index contributed by atoms with van der Waals surface area (Å²) in [5, 5.41) is 18.2. The Balaban J connectivity index is 2.12. The van der Waals surface area contributed by atoms with Crippen LogP contribution in [0.25, 0.3) is 0 Å². The van der Waals surface area contributed by atoms with Gasteiger partial charge in [-0.3, -0.25) is 19.6 Å². The van der Waals surface area contributed by atoms with E-state index in [0.717, 1.165) is 17.0 Å². The van der Waals surface area contributed by atoms with Crippen LogP contribution >= 0.6 is 11.3 Å². The highest BCUT2D eigenvalue weighted by atomic mass is 32.1. The number of nitrogens with one attached hydrogen (secondary N) is 1. The number of rotatable bonds is 5. The van der Waals surface area contributed by atoms with Gasteiger partial charge >= 0.3 is 5.69 Å². The molecule has 0 aliphatic rings. The average Bonchev–Trinajstić information content (AvgIpc) is 2.89. The van der Waals surface area contributed by atoms with Crippen molar-refractivity contribution in [3.63, 3.8) is 0 Å². The van der Waals surface area contributed by atoms with E-state index in [1.807, 2.05) is 13.8 Å². The number of nitro groups is 1. The van der Waals surface area contributed by atoms with Gasteiger partial charge in [0.15, 0.2) is 5.13 Å². The molecule has 0 saturated heterocycles. The molecule has 1 N–H and O–H groups in total. The highest BCUT2D eigenvalue weighted by Gasteiger charge is 2.23. The van der Waals surface area contributed by atoms with E-state index >= 15 is 0 Å². The van der Waals surface area contributed by atoms with E-state index in [-0.39, 0.29) is 18.1 Å². The first-order valence-corrected chi connectivity index (χ1v) is 7.59. The molecule has 2 aromatic heterocycles.